The smallest absolute Gasteiger partial charge is 0.263 e. The van der Waals surface area contributed by atoms with Gasteiger partial charge < -0.3 is 9.64 Å². The van der Waals surface area contributed by atoms with Crippen LogP contribution in [0.5, 0.6) is 5.75 Å². The second-order valence-corrected chi connectivity index (χ2v) is 8.94. The average molecular weight is 468 g/mol. The first-order chi connectivity index (χ1) is 15.5. The van der Waals surface area contributed by atoms with Crippen LogP contribution in [0.3, 0.4) is 0 Å². The third-order valence-electron chi connectivity index (χ3n) is 5.65. The first-order valence-electron chi connectivity index (χ1n) is 10.7. The summed E-state index contributed by atoms with van der Waals surface area (Å²) in [6, 6.07) is 17.4. The van der Waals surface area contributed by atoms with Crippen LogP contribution in [0.4, 0.5) is 5.13 Å². The molecule has 32 heavy (non-hydrogen) atoms. The third-order valence-corrected chi connectivity index (χ3v) is 6.92. The van der Waals surface area contributed by atoms with Crippen LogP contribution in [0.15, 0.2) is 54.6 Å². The van der Waals surface area contributed by atoms with E-state index in [4.69, 9.17) is 21.3 Å². The number of anilines is 1. The van der Waals surface area contributed by atoms with Crippen LogP contribution in [0.1, 0.15) is 24.2 Å². The maximum atomic E-state index is 13.9. The molecule has 0 aliphatic heterocycles. The molecular formula is C25H26ClN3O2S. The number of hydrogen-bond acceptors (Lipinski definition) is 5. The molecule has 0 spiro atoms. The fourth-order valence-corrected chi connectivity index (χ4v) is 5.03. The molecule has 0 radical (unpaired) electrons. The van der Waals surface area contributed by atoms with Crippen LogP contribution in [0.2, 0.25) is 5.02 Å². The number of amides is 1. The molecule has 4 rings (SSSR count). The number of methoxy groups -OCH3 is 1. The number of aromatic nitrogens is 1. The second kappa shape index (κ2) is 9.86. The Morgan fingerprint density at radius 3 is 2.44 bits per heavy atom. The molecule has 0 saturated carbocycles. The number of hydrogen-bond donors (Lipinski definition) is 0. The molecule has 7 heteroatoms. The highest BCUT2D eigenvalue weighted by Gasteiger charge is 2.25. The maximum Gasteiger partial charge on any atom is 0.263 e. The quantitative estimate of drug-likeness (QED) is 0.314. The lowest BCUT2D eigenvalue weighted by atomic mass is 10.0. The van der Waals surface area contributed by atoms with Crippen LogP contribution in [-0.2, 0) is 0 Å². The van der Waals surface area contributed by atoms with Gasteiger partial charge >= 0.3 is 0 Å². The van der Waals surface area contributed by atoms with Crippen LogP contribution in [0, 0.1) is 0 Å². The summed E-state index contributed by atoms with van der Waals surface area (Å²) in [6.07, 6.45) is 0. The van der Waals surface area contributed by atoms with Gasteiger partial charge in [0, 0.05) is 18.1 Å². The van der Waals surface area contributed by atoms with Crippen molar-refractivity contribution in [3.63, 3.8) is 0 Å². The van der Waals surface area contributed by atoms with Crippen molar-refractivity contribution in [3.05, 3.63) is 65.2 Å². The Kier molecular flexibility index (Phi) is 6.94. The average Bonchev–Trinajstić information content (AvgIpc) is 3.23. The monoisotopic (exact) mass is 467 g/mol. The van der Waals surface area contributed by atoms with E-state index >= 15 is 0 Å². The summed E-state index contributed by atoms with van der Waals surface area (Å²) in [4.78, 5) is 22.7. The van der Waals surface area contributed by atoms with Crippen molar-refractivity contribution in [1.82, 2.24) is 9.88 Å². The standard InChI is InChI=1S/C25H26ClN3O2S/c1-4-28(5-2)12-13-29(25-27-21-11-10-19(26)16-23(21)32-25)24(30)20-14-17-8-6-7-9-18(17)15-22(20)31-3/h6-11,14-16H,4-5,12-13H2,1-3H3. The molecule has 5 nitrogen and oxygen atoms in total. The Labute approximate surface area is 197 Å². The number of nitrogens with zero attached hydrogens (tertiary/aromatic N) is 3. The molecule has 0 bridgehead atoms. The van der Waals surface area contributed by atoms with E-state index in [0.29, 0.717) is 28.0 Å². The van der Waals surface area contributed by atoms with Gasteiger partial charge in [0.2, 0.25) is 0 Å². The number of carbonyl (C=O) groups is 1. The van der Waals surface area contributed by atoms with Crippen molar-refractivity contribution in [3.8, 4) is 5.75 Å². The Bertz CT molecular complexity index is 1250. The molecular weight excluding hydrogens is 442 g/mol. The first kappa shape index (κ1) is 22.5. The fourth-order valence-electron chi connectivity index (χ4n) is 3.77. The topological polar surface area (TPSA) is 45.7 Å². The lowest BCUT2D eigenvalue weighted by Crippen LogP contribution is -2.39. The number of benzene rings is 3. The highest BCUT2D eigenvalue weighted by Crippen LogP contribution is 2.33. The minimum absolute atomic E-state index is 0.120. The zero-order chi connectivity index (χ0) is 22.7. The third kappa shape index (κ3) is 4.58. The van der Waals surface area contributed by atoms with Gasteiger partial charge in [-0.25, -0.2) is 4.98 Å². The van der Waals surface area contributed by atoms with E-state index in [2.05, 4.69) is 18.7 Å². The van der Waals surface area contributed by atoms with Gasteiger partial charge in [0.1, 0.15) is 5.75 Å². The number of rotatable bonds is 8. The molecule has 0 N–H and O–H groups in total. The fraction of sp³-hybridized carbons (Fsp3) is 0.280. The summed E-state index contributed by atoms with van der Waals surface area (Å²) in [7, 11) is 1.60. The Morgan fingerprint density at radius 2 is 1.75 bits per heavy atom. The van der Waals surface area contributed by atoms with Gasteiger partial charge in [0.25, 0.3) is 5.91 Å². The van der Waals surface area contributed by atoms with Crippen molar-refractivity contribution >= 4 is 55.0 Å². The zero-order valence-electron chi connectivity index (χ0n) is 18.5. The maximum absolute atomic E-state index is 13.9. The predicted molar refractivity (Wildman–Crippen MR) is 135 cm³/mol. The molecule has 0 saturated heterocycles. The van der Waals surface area contributed by atoms with Gasteiger partial charge in [-0.15, -0.1) is 0 Å². The molecule has 4 aromatic rings. The molecule has 0 fully saturated rings. The van der Waals surface area contributed by atoms with E-state index in [1.165, 1.54) is 11.3 Å². The SMILES string of the molecule is CCN(CC)CCN(C(=O)c1cc2ccccc2cc1OC)c1nc2ccc(Cl)cc2s1. The lowest BCUT2D eigenvalue weighted by molar-refractivity contribution is 0.0981. The van der Waals surface area contributed by atoms with Gasteiger partial charge in [-0.05, 0) is 54.2 Å². The van der Waals surface area contributed by atoms with Crippen molar-refractivity contribution in [2.75, 3.05) is 38.2 Å². The van der Waals surface area contributed by atoms with Crippen LogP contribution >= 0.6 is 22.9 Å². The highest BCUT2D eigenvalue weighted by atomic mass is 35.5. The number of likely N-dealkylation sites (N-methyl/N-ethyl adjacent to an activating group) is 1. The highest BCUT2D eigenvalue weighted by molar-refractivity contribution is 7.22. The molecule has 1 aromatic heterocycles. The van der Waals surface area contributed by atoms with Crippen LogP contribution in [-0.4, -0.2) is 49.1 Å². The Hall–Kier alpha value is -2.67. The van der Waals surface area contributed by atoms with Gasteiger partial charge in [-0.1, -0.05) is 61.1 Å². The van der Waals surface area contributed by atoms with E-state index in [9.17, 15) is 4.79 Å². The van der Waals surface area contributed by atoms with Crippen molar-refractivity contribution < 1.29 is 9.53 Å². The number of ether oxygens (including phenoxy) is 1. The van der Waals surface area contributed by atoms with Crippen LogP contribution < -0.4 is 9.64 Å². The molecule has 1 amide bonds. The largest absolute Gasteiger partial charge is 0.496 e. The summed E-state index contributed by atoms with van der Waals surface area (Å²) < 4.78 is 6.57. The normalized spacial score (nSPS) is 11.4. The van der Waals surface area contributed by atoms with Crippen molar-refractivity contribution in [2.45, 2.75) is 13.8 Å². The summed E-state index contributed by atoms with van der Waals surface area (Å²) >= 11 is 7.65. The van der Waals surface area contributed by atoms with E-state index in [-0.39, 0.29) is 5.91 Å². The number of thiazole rings is 1. The van der Waals surface area contributed by atoms with E-state index in [1.807, 2.05) is 54.6 Å². The molecule has 0 aliphatic rings. The van der Waals surface area contributed by atoms with Gasteiger partial charge in [-0.3, -0.25) is 9.69 Å². The van der Waals surface area contributed by atoms with Gasteiger partial charge in [0.15, 0.2) is 5.13 Å². The van der Waals surface area contributed by atoms with E-state index in [0.717, 1.165) is 40.6 Å². The molecule has 3 aromatic carbocycles. The molecule has 0 aliphatic carbocycles. The van der Waals surface area contributed by atoms with Crippen LogP contribution in [0.25, 0.3) is 21.0 Å². The Morgan fingerprint density at radius 1 is 1.03 bits per heavy atom. The minimum atomic E-state index is -0.120. The van der Waals surface area contributed by atoms with Crippen molar-refractivity contribution in [2.24, 2.45) is 0 Å². The number of carbonyl (C=O) groups excluding carboxylic acids is 1. The van der Waals surface area contributed by atoms with E-state index < -0.39 is 0 Å². The summed E-state index contributed by atoms with van der Waals surface area (Å²) in [5, 5.41) is 3.35. The molecule has 1 heterocycles. The Balaban J connectivity index is 1.77. The minimum Gasteiger partial charge on any atom is -0.496 e. The molecule has 0 unspecified atom stereocenters. The lowest BCUT2D eigenvalue weighted by Gasteiger charge is -2.25. The van der Waals surface area contributed by atoms with Gasteiger partial charge in [0.05, 0.1) is 22.9 Å². The zero-order valence-corrected chi connectivity index (χ0v) is 20.0. The summed E-state index contributed by atoms with van der Waals surface area (Å²) in [5.41, 5.74) is 1.36. The second-order valence-electron chi connectivity index (χ2n) is 7.49. The molecule has 0 atom stereocenters. The molecule has 166 valence electrons. The van der Waals surface area contributed by atoms with Gasteiger partial charge in [-0.2, -0.15) is 0 Å². The predicted octanol–water partition coefficient (Wildman–Crippen LogP) is 6.10. The summed E-state index contributed by atoms with van der Waals surface area (Å²) in [6.45, 7) is 7.39. The first-order valence-corrected chi connectivity index (χ1v) is 11.9. The van der Waals surface area contributed by atoms with Crippen molar-refractivity contribution in [1.29, 1.82) is 0 Å². The summed E-state index contributed by atoms with van der Waals surface area (Å²) in [5.74, 6) is 0.440. The number of fused-ring (bicyclic) bond motifs is 2. The number of halogens is 1. The van der Waals surface area contributed by atoms with E-state index in [1.54, 1.807) is 12.0 Å².